The van der Waals surface area contributed by atoms with Crippen LogP contribution in [-0.2, 0) is 14.3 Å². The summed E-state index contributed by atoms with van der Waals surface area (Å²) >= 11 is 0. The van der Waals surface area contributed by atoms with E-state index in [1.54, 1.807) is 0 Å². The van der Waals surface area contributed by atoms with Crippen molar-refractivity contribution in [1.29, 1.82) is 0 Å². The van der Waals surface area contributed by atoms with Crippen LogP contribution >= 0.6 is 0 Å². The third-order valence-electron chi connectivity index (χ3n) is 1.51. The molecule has 0 aromatic rings. The SMILES string of the molecule is COC(=O)C[C@H](C(=O)O)[C@@H](C)O. The van der Waals surface area contributed by atoms with Crippen molar-refractivity contribution >= 4 is 11.9 Å². The molecular formula is C7H12O5. The van der Waals surface area contributed by atoms with Crippen LogP contribution in [0.4, 0.5) is 0 Å². The number of carboxylic acid groups (broad SMARTS) is 1. The van der Waals surface area contributed by atoms with Crippen molar-refractivity contribution in [2.45, 2.75) is 19.4 Å². The number of rotatable bonds is 4. The van der Waals surface area contributed by atoms with Gasteiger partial charge in [-0.1, -0.05) is 0 Å². The van der Waals surface area contributed by atoms with E-state index in [9.17, 15) is 9.59 Å². The smallest absolute Gasteiger partial charge is 0.309 e. The van der Waals surface area contributed by atoms with Gasteiger partial charge in [-0.2, -0.15) is 0 Å². The molecule has 5 heteroatoms. The van der Waals surface area contributed by atoms with Gasteiger partial charge in [-0.25, -0.2) is 0 Å². The number of aliphatic hydroxyl groups excluding tert-OH is 1. The third kappa shape index (κ3) is 3.34. The molecule has 12 heavy (non-hydrogen) atoms. The first-order valence-electron chi connectivity index (χ1n) is 3.46. The van der Waals surface area contributed by atoms with Crippen LogP contribution < -0.4 is 0 Å². The Bertz CT molecular complexity index is 175. The summed E-state index contributed by atoms with van der Waals surface area (Å²) < 4.78 is 4.27. The van der Waals surface area contributed by atoms with Crippen LogP contribution in [0.15, 0.2) is 0 Å². The number of carboxylic acids is 1. The van der Waals surface area contributed by atoms with Gasteiger partial charge >= 0.3 is 11.9 Å². The number of carbonyl (C=O) groups is 2. The molecule has 0 aromatic carbocycles. The minimum Gasteiger partial charge on any atom is -0.481 e. The van der Waals surface area contributed by atoms with E-state index in [1.807, 2.05) is 0 Å². The largest absolute Gasteiger partial charge is 0.481 e. The minimum absolute atomic E-state index is 0.302. The molecule has 0 radical (unpaired) electrons. The number of methoxy groups -OCH3 is 1. The quantitative estimate of drug-likeness (QED) is 0.571. The first-order valence-corrected chi connectivity index (χ1v) is 3.46. The molecule has 0 fully saturated rings. The summed E-state index contributed by atoms with van der Waals surface area (Å²) in [6.45, 7) is 1.32. The fourth-order valence-corrected chi connectivity index (χ4v) is 0.727. The maximum atomic E-state index is 10.6. The maximum absolute atomic E-state index is 10.6. The van der Waals surface area contributed by atoms with E-state index in [1.165, 1.54) is 14.0 Å². The number of aliphatic carboxylic acids is 1. The highest BCUT2D eigenvalue weighted by molar-refractivity contribution is 5.79. The predicted octanol–water partition coefficient (Wildman–Crippen LogP) is -0.369. The Morgan fingerprint density at radius 2 is 2.00 bits per heavy atom. The van der Waals surface area contributed by atoms with Crippen LogP contribution in [0.1, 0.15) is 13.3 Å². The van der Waals surface area contributed by atoms with Crippen molar-refractivity contribution in [3.05, 3.63) is 0 Å². The lowest BCUT2D eigenvalue weighted by Crippen LogP contribution is -2.28. The van der Waals surface area contributed by atoms with E-state index in [0.29, 0.717) is 0 Å². The highest BCUT2D eigenvalue weighted by atomic mass is 16.5. The number of hydrogen-bond donors (Lipinski definition) is 2. The zero-order chi connectivity index (χ0) is 9.72. The van der Waals surface area contributed by atoms with Crippen LogP contribution in [0.25, 0.3) is 0 Å². The van der Waals surface area contributed by atoms with Gasteiger partial charge in [0.15, 0.2) is 0 Å². The van der Waals surface area contributed by atoms with E-state index in [-0.39, 0.29) is 6.42 Å². The van der Waals surface area contributed by atoms with Crippen molar-refractivity contribution < 1.29 is 24.5 Å². The molecule has 2 N–H and O–H groups in total. The summed E-state index contributed by atoms with van der Waals surface area (Å²) in [5.74, 6) is -2.92. The second-order valence-electron chi connectivity index (χ2n) is 2.47. The standard InChI is InChI=1S/C7H12O5/c1-4(8)5(7(10)11)3-6(9)12-2/h4-5,8H,3H2,1-2H3,(H,10,11)/t4-,5+/m1/s1. The Hall–Kier alpha value is -1.10. The molecule has 0 spiro atoms. The molecule has 0 amide bonds. The normalized spacial score (nSPS) is 14.9. The number of ether oxygens (including phenoxy) is 1. The van der Waals surface area contributed by atoms with Crippen LogP contribution in [0.3, 0.4) is 0 Å². The Balaban J connectivity index is 4.14. The summed E-state index contributed by atoms with van der Waals surface area (Å²) in [6.07, 6.45) is -1.36. The monoisotopic (exact) mass is 176 g/mol. The van der Waals surface area contributed by atoms with Gasteiger partial charge in [0, 0.05) is 0 Å². The van der Waals surface area contributed by atoms with E-state index in [4.69, 9.17) is 10.2 Å². The fourth-order valence-electron chi connectivity index (χ4n) is 0.727. The predicted molar refractivity (Wildman–Crippen MR) is 39.4 cm³/mol. The van der Waals surface area contributed by atoms with Crippen molar-refractivity contribution in [2.24, 2.45) is 5.92 Å². The number of carbonyl (C=O) groups excluding carboxylic acids is 1. The molecule has 70 valence electrons. The Labute approximate surface area is 70.0 Å². The van der Waals surface area contributed by atoms with Crippen molar-refractivity contribution in [2.75, 3.05) is 7.11 Å². The van der Waals surface area contributed by atoms with Crippen LogP contribution in [-0.4, -0.2) is 35.4 Å². The molecular weight excluding hydrogens is 164 g/mol. The average molecular weight is 176 g/mol. The molecule has 0 aliphatic rings. The van der Waals surface area contributed by atoms with Crippen LogP contribution in [0, 0.1) is 5.92 Å². The molecule has 0 bridgehead atoms. The summed E-state index contributed by atoms with van der Waals surface area (Å²) in [4.78, 5) is 21.1. The Morgan fingerprint density at radius 3 is 2.25 bits per heavy atom. The molecule has 0 heterocycles. The zero-order valence-corrected chi connectivity index (χ0v) is 6.98. The lowest BCUT2D eigenvalue weighted by Gasteiger charge is -2.12. The van der Waals surface area contributed by atoms with E-state index in [0.717, 1.165) is 0 Å². The van der Waals surface area contributed by atoms with Gasteiger partial charge in [-0.15, -0.1) is 0 Å². The second-order valence-corrected chi connectivity index (χ2v) is 2.47. The van der Waals surface area contributed by atoms with Crippen molar-refractivity contribution in [1.82, 2.24) is 0 Å². The first-order chi connectivity index (χ1) is 5.49. The number of aliphatic hydroxyl groups is 1. The molecule has 2 atom stereocenters. The summed E-state index contributed by atoms with van der Waals surface area (Å²) in [6, 6.07) is 0. The number of esters is 1. The number of hydrogen-bond acceptors (Lipinski definition) is 4. The maximum Gasteiger partial charge on any atom is 0.309 e. The second kappa shape index (κ2) is 4.71. The van der Waals surface area contributed by atoms with E-state index >= 15 is 0 Å². The Morgan fingerprint density at radius 1 is 1.50 bits per heavy atom. The van der Waals surface area contributed by atoms with Gasteiger partial charge in [-0.05, 0) is 6.92 Å². The molecule has 5 nitrogen and oxygen atoms in total. The first kappa shape index (κ1) is 10.9. The average Bonchev–Trinajstić information content (AvgIpc) is 1.98. The highest BCUT2D eigenvalue weighted by Crippen LogP contribution is 2.09. The van der Waals surface area contributed by atoms with E-state index in [2.05, 4.69) is 4.74 Å². The fraction of sp³-hybridized carbons (Fsp3) is 0.714. The molecule has 0 aliphatic carbocycles. The van der Waals surface area contributed by atoms with Crippen molar-refractivity contribution in [3.63, 3.8) is 0 Å². The van der Waals surface area contributed by atoms with Gasteiger partial charge in [0.05, 0.1) is 25.6 Å². The molecule has 0 saturated carbocycles. The summed E-state index contributed by atoms with van der Waals surface area (Å²) in [7, 11) is 1.17. The molecule has 0 rings (SSSR count). The van der Waals surface area contributed by atoms with Gasteiger partial charge in [0.1, 0.15) is 0 Å². The highest BCUT2D eigenvalue weighted by Gasteiger charge is 2.26. The lowest BCUT2D eigenvalue weighted by molar-refractivity contribution is -0.153. The third-order valence-corrected chi connectivity index (χ3v) is 1.51. The lowest BCUT2D eigenvalue weighted by atomic mass is 10.0. The molecule has 0 aromatic heterocycles. The molecule has 0 saturated heterocycles. The topological polar surface area (TPSA) is 83.8 Å². The molecule has 0 unspecified atom stereocenters. The van der Waals surface area contributed by atoms with Gasteiger partial charge in [0.25, 0.3) is 0 Å². The minimum atomic E-state index is -1.20. The Kier molecular flexibility index (Phi) is 4.28. The molecule has 0 aliphatic heterocycles. The van der Waals surface area contributed by atoms with Crippen LogP contribution in [0.2, 0.25) is 0 Å². The van der Waals surface area contributed by atoms with Crippen molar-refractivity contribution in [3.8, 4) is 0 Å². The van der Waals surface area contributed by atoms with Gasteiger partial charge in [-0.3, -0.25) is 9.59 Å². The van der Waals surface area contributed by atoms with E-state index < -0.39 is 24.0 Å². The summed E-state index contributed by atoms with van der Waals surface area (Å²) in [5, 5.41) is 17.5. The van der Waals surface area contributed by atoms with Crippen LogP contribution in [0.5, 0.6) is 0 Å². The zero-order valence-electron chi connectivity index (χ0n) is 6.98. The van der Waals surface area contributed by atoms with Gasteiger partial charge in [0.2, 0.25) is 0 Å². The van der Waals surface area contributed by atoms with Gasteiger partial charge < -0.3 is 14.9 Å². The summed E-state index contributed by atoms with van der Waals surface area (Å²) in [5.41, 5.74) is 0.